The van der Waals surface area contributed by atoms with Gasteiger partial charge >= 0.3 is 0 Å². The lowest BCUT2D eigenvalue weighted by atomic mass is 10.1. The second kappa shape index (κ2) is 6.67. The number of thiophene rings is 1. The highest BCUT2D eigenvalue weighted by Gasteiger charge is 2.34. The average molecular weight is 376 g/mol. The van der Waals surface area contributed by atoms with Gasteiger partial charge in [-0.3, -0.25) is 0 Å². The van der Waals surface area contributed by atoms with Gasteiger partial charge in [0.15, 0.2) is 0 Å². The van der Waals surface area contributed by atoms with Gasteiger partial charge < -0.3 is 5.73 Å². The van der Waals surface area contributed by atoms with Gasteiger partial charge in [0.25, 0.3) is 10.0 Å². The first-order valence-electron chi connectivity index (χ1n) is 5.52. The van der Waals surface area contributed by atoms with E-state index in [1.165, 1.54) is 11.3 Å². The molecule has 0 radical (unpaired) electrons. The van der Waals surface area contributed by atoms with E-state index in [0.29, 0.717) is 21.8 Å². The maximum Gasteiger partial charge on any atom is 0.253 e. The van der Waals surface area contributed by atoms with Gasteiger partial charge in [-0.15, -0.1) is 23.7 Å². The summed E-state index contributed by atoms with van der Waals surface area (Å²) in [6, 6.07) is 1.71. The third kappa shape index (κ3) is 3.08. The number of halogens is 2. The standard InChI is InChI=1S/C10H15BrN2O2S2.ClH/c11-9-4-6-16-10(9)17(14,15)13-5-2-1-3-8(13)7-12;/h4,6,8H,1-3,5,7,12H2;1H. The van der Waals surface area contributed by atoms with Crippen LogP contribution in [0.3, 0.4) is 0 Å². The van der Waals surface area contributed by atoms with Crippen molar-refractivity contribution in [3.05, 3.63) is 15.9 Å². The Hall–Kier alpha value is 0.340. The van der Waals surface area contributed by atoms with Gasteiger partial charge in [0.05, 0.1) is 0 Å². The fraction of sp³-hybridized carbons (Fsp3) is 0.600. The summed E-state index contributed by atoms with van der Waals surface area (Å²) >= 11 is 4.53. The zero-order valence-corrected chi connectivity index (χ0v) is 13.7. The monoisotopic (exact) mass is 374 g/mol. The fourth-order valence-electron chi connectivity index (χ4n) is 2.10. The van der Waals surface area contributed by atoms with Crippen molar-refractivity contribution in [3.63, 3.8) is 0 Å². The summed E-state index contributed by atoms with van der Waals surface area (Å²) < 4.78 is 27.6. The van der Waals surface area contributed by atoms with Gasteiger partial charge in [-0.1, -0.05) is 6.42 Å². The van der Waals surface area contributed by atoms with E-state index in [4.69, 9.17) is 5.73 Å². The molecule has 1 aromatic heterocycles. The zero-order chi connectivity index (χ0) is 12.5. The Labute approximate surface area is 126 Å². The Morgan fingerprint density at radius 3 is 2.78 bits per heavy atom. The number of nitrogens with two attached hydrogens (primary N) is 1. The molecular formula is C10H16BrClN2O2S2. The number of nitrogens with zero attached hydrogens (tertiary/aromatic N) is 1. The Kier molecular flexibility index (Phi) is 6.08. The Morgan fingerprint density at radius 1 is 1.50 bits per heavy atom. The lowest BCUT2D eigenvalue weighted by Gasteiger charge is -2.33. The molecule has 1 saturated heterocycles. The smallest absolute Gasteiger partial charge is 0.253 e. The lowest BCUT2D eigenvalue weighted by molar-refractivity contribution is 0.258. The van der Waals surface area contributed by atoms with Gasteiger partial charge in [0, 0.05) is 23.6 Å². The number of sulfonamides is 1. The molecule has 4 nitrogen and oxygen atoms in total. The Bertz CT molecular complexity index is 492. The van der Waals surface area contributed by atoms with Crippen molar-refractivity contribution in [3.8, 4) is 0 Å². The van der Waals surface area contributed by atoms with Crippen LogP contribution in [-0.2, 0) is 10.0 Å². The van der Waals surface area contributed by atoms with Gasteiger partial charge in [-0.05, 0) is 40.2 Å². The zero-order valence-electron chi connectivity index (χ0n) is 9.71. The van der Waals surface area contributed by atoms with Crippen molar-refractivity contribution in [2.24, 2.45) is 5.73 Å². The largest absolute Gasteiger partial charge is 0.329 e. The molecule has 0 aromatic carbocycles. The van der Waals surface area contributed by atoms with Crippen molar-refractivity contribution in [1.29, 1.82) is 0 Å². The second-order valence-electron chi connectivity index (χ2n) is 4.06. The highest BCUT2D eigenvalue weighted by atomic mass is 79.9. The quantitative estimate of drug-likeness (QED) is 0.882. The SMILES string of the molecule is Cl.NCC1CCCCN1S(=O)(=O)c1sccc1Br. The van der Waals surface area contributed by atoms with Crippen LogP contribution in [0.15, 0.2) is 20.1 Å². The Morgan fingerprint density at radius 2 is 2.22 bits per heavy atom. The van der Waals surface area contributed by atoms with Crippen LogP contribution in [-0.4, -0.2) is 31.9 Å². The molecule has 0 amide bonds. The molecule has 2 rings (SSSR count). The van der Waals surface area contributed by atoms with E-state index < -0.39 is 10.0 Å². The molecule has 18 heavy (non-hydrogen) atoms. The van der Waals surface area contributed by atoms with Crippen molar-refractivity contribution in [1.82, 2.24) is 4.31 Å². The molecule has 0 aliphatic carbocycles. The van der Waals surface area contributed by atoms with Crippen LogP contribution in [0.1, 0.15) is 19.3 Å². The maximum atomic E-state index is 12.5. The molecule has 0 saturated carbocycles. The number of rotatable bonds is 3. The van der Waals surface area contributed by atoms with E-state index in [9.17, 15) is 8.42 Å². The van der Waals surface area contributed by atoms with Crippen molar-refractivity contribution < 1.29 is 8.42 Å². The third-order valence-electron chi connectivity index (χ3n) is 2.97. The average Bonchev–Trinajstić information content (AvgIpc) is 2.76. The summed E-state index contributed by atoms with van der Waals surface area (Å²) in [6.07, 6.45) is 2.83. The summed E-state index contributed by atoms with van der Waals surface area (Å²) in [4.78, 5) is 0. The van der Waals surface area contributed by atoms with E-state index in [2.05, 4.69) is 15.9 Å². The highest BCUT2D eigenvalue weighted by molar-refractivity contribution is 9.10. The molecule has 0 spiro atoms. The minimum absolute atomic E-state index is 0. The van der Waals surface area contributed by atoms with E-state index >= 15 is 0 Å². The molecule has 104 valence electrons. The molecule has 1 unspecified atom stereocenters. The molecule has 1 aliphatic heterocycles. The van der Waals surface area contributed by atoms with E-state index in [-0.39, 0.29) is 18.4 Å². The van der Waals surface area contributed by atoms with Crippen molar-refractivity contribution >= 4 is 49.7 Å². The minimum Gasteiger partial charge on any atom is -0.329 e. The van der Waals surface area contributed by atoms with Crippen LogP contribution in [0.4, 0.5) is 0 Å². The summed E-state index contributed by atoms with van der Waals surface area (Å²) in [7, 11) is -3.39. The number of hydrogen-bond donors (Lipinski definition) is 1. The first-order chi connectivity index (χ1) is 8.07. The number of piperidine rings is 1. The van der Waals surface area contributed by atoms with Crippen LogP contribution >= 0.6 is 39.7 Å². The summed E-state index contributed by atoms with van der Waals surface area (Å²) in [5.41, 5.74) is 5.67. The van der Waals surface area contributed by atoms with Crippen LogP contribution in [0.2, 0.25) is 0 Å². The van der Waals surface area contributed by atoms with Crippen LogP contribution in [0.5, 0.6) is 0 Å². The van der Waals surface area contributed by atoms with Gasteiger partial charge in [-0.2, -0.15) is 4.31 Å². The molecule has 0 bridgehead atoms. The molecule has 1 aliphatic rings. The topological polar surface area (TPSA) is 63.4 Å². The summed E-state index contributed by atoms with van der Waals surface area (Å²) in [6.45, 7) is 0.969. The van der Waals surface area contributed by atoms with Crippen molar-refractivity contribution in [2.75, 3.05) is 13.1 Å². The first kappa shape index (κ1) is 16.4. The molecule has 1 aromatic rings. The van der Waals surface area contributed by atoms with Crippen molar-refractivity contribution in [2.45, 2.75) is 29.5 Å². The Balaban J connectivity index is 0.00000162. The normalized spacial score (nSPS) is 21.6. The van der Waals surface area contributed by atoms with E-state index in [1.807, 2.05) is 0 Å². The third-order valence-corrected chi connectivity index (χ3v) is 7.57. The minimum atomic E-state index is -3.39. The fourth-order valence-corrected chi connectivity index (χ4v) is 6.23. The highest BCUT2D eigenvalue weighted by Crippen LogP contribution is 2.33. The molecule has 2 heterocycles. The predicted octanol–water partition coefficient (Wildman–Crippen LogP) is 2.43. The first-order valence-corrected chi connectivity index (χ1v) is 8.63. The summed E-state index contributed by atoms with van der Waals surface area (Å²) in [5.74, 6) is 0. The van der Waals surface area contributed by atoms with Gasteiger partial charge in [0.2, 0.25) is 0 Å². The van der Waals surface area contributed by atoms with Gasteiger partial charge in [-0.25, -0.2) is 8.42 Å². The van der Waals surface area contributed by atoms with Crippen LogP contribution < -0.4 is 5.73 Å². The summed E-state index contributed by atoms with van der Waals surface area (Å²) in [5, 5.41) is 1.78. The number of hydrogen-bond acceptors (Lipinski definition) is 4. The van der Waals surface area contributed by atoms with E-state index in [0.717, 1.165) is 19.3 Å². The maximum absolute atomic E-state index is 12.5. The van der Waals surface area contributed by atoms with E-state index in [1.54, 1.807) is 15.8 Å². The molecule has 1 fully saturated rings. The molecule has 2 N–H and O–H groups in total. The predicted molar refractivity (Wildman–Crippen MR) is 79.9 cm³/mol. The molecule has 1 atom stereocenters. The molecule has 8 heteroatoms. The van der Waals surface area contributed by atoms with Crippen LogP contribution in [0, 0.1) is 0 Å². The van der Waals surface area contributed by atoms with Gasteiger partial charge in [0.1, 0.15) is 4.21 Å². The molecular weight excluding hydrogens is 360 g/mol. The lowest BCUT2D eigenvalue weighted by Crippen LogP contribution is -2.47. The van der Waals surface area contributed by atoms with Crippen LogP contribution in [0.25, 0.3) is 0 Å². The second-order valence-corrected chi connectivity index (χ2v) is 7.91.